The molecule has 1 nitrogen and oxygen atoms in total. The van der Waals surface area contributed by atoms with Gasteiger partial charge in [-0.2, -0.15) is 0 Å². The van der Waals surface area contributed by atoms with E-state index in [4.69, 9.17) is 0 Å². The van der Waals surface area contributed by atoms with Crippen molar-refractivity contribution in [3.05, 3.63) is 0 Å². The van der Waals surface area contributed by atoms with Crippen LogP contribution in [0.1, 0.15) is 73.1 Å². The average Bonchev–Trinajstić information content (AvgIpc) is 2.31. The van der Waals surface area contributed by atoms with Gasteiger partial charge in [-0.3, -0.25) is 0 Å². The maximum absolute atomic E-state index is 2.78. The second-order valence-corrected chi connectivity index (χ2v) is 7.00. The van der Waals surface area contributed by atoms with Gasteiger partial charge in [0.15, 0.2) is 0 Å². The Hall–Kier alpha value is -0.0400. The zero-order valence-corrected chi connectivity index (χ0v) is 13.4. The van der Waals surface area contributed by atoms with Crippen LogP contribution < -0.4 is 0 Å². The number of nitrogens with zero attached hydrogens (tertiary/aromatic N) is 1. The van der Waals surface area contributed by atoms with E-state index in [1.807, 2.05) is 0 Å². The van der Waals surface area contributed by atoms with Gasteiger partial charge >= 0.3 is 0 Å². The van der Waals surface area contributed by atoms with E-state index >= 15 is 0 Å². The van der Waals surface area contributed by atoms with E-state index in [1.54, 1.807) is 0 Å². The number of hydrogen-bond acceptors (Lipinski definition) is 1. The summed E-state index contributed by atoms with van der Waals surface area (Å²) in [6.07, 6.45) is 8.40. The van der Waals surface area contributed by atoms with Crippen molar-refractivity contribution in [1.29, 1.82) is 0 Å². The Bertz CT molecular complexity index is 204. The molecule has 0 bridgehead atoms. The molecular weight excluding hydrogens is 218 g/mol. The third-order valence-electron chi connectivity index (χ3n) is 4.79. The summed E-state index contributed by atoms with van der Waals surface area (Å²) in [5.41, 5.74) is 0. The average molecular weight is 253 g/mol. The molecule has 2 unspecified atom stereocenters. The Morgan fingerprint density at radius 1 is 1.00 bits per heavy atom. The summed E-state index contributed by atoms with van der Waals surface area (Å²) in [5, 5.41) is 0. The molecule has 0 aromatic carbocycles. The molecular formula is C17H35N. The summed E-state index contributed by atoms with van der Waals surface area (Å²) in [4.78, 5) is 2.78. The predicted molar refractivity (Wildman–Crippen MR) is 81.9 cm³/mol. The third kappa shape index (κ3) is 5.30. The lowest BCUT2D eigenvalue weighted by molar-refractivity contribution is 0.0972. The van der Waals surface area contributed by atoms with Crippen molar-refractivity contribution in [1.82, 2.24) is 4.90 Å². The lowest BCUT2D eigenvalue weighted by Gasteiger charge is -2.39. The first kappa shape index (κ1) is 16.0. The van der Waals surface area contributed by atoms with Crippen LogP contribution in [0.2, 0.25) is 0 Å². The van der Waals surface area contributed by atoms with Gasteiger partial charge in [0.25, 0.3) is 0 Å². The quantitative estimate of drug-likeness (QED) is 0.620. The van der Waals surface area contributed by atoms with E-state index in [0.717, 1.165) is 23.8 Å². The second-order valence-electron chi connectivity index (χ2n) is 7.00. The molecule has 0 aromatic heterocycles. The molecule has 0 radical (unpaired) electrons. The van der Waals surface area contributed by atoms with E-state index in [1.165, 1.54) is 51.6 Å². The largest absolute Gasteiger partial charge is 0.300 e. The Morgan fingerprint density at radius 3 is 2.11 bits per heavy atom. The molecule has 0 aromatic rings. The molecule has 1 aliphatic rings. The summed E-state index contributed by atoms with van der Waals surface area (Å²) < 4.78 is 0. The van der Waals surface area contributed by atoms with Crippen molar-refractivity contribution in [2.75, 3.05) is 13.1 Å². The van der Waals surface area contributed by atoms with Gasteiger partial charge in [-0.1, -0.05) is 47.5 Å². The highest BCUT2D eigenvalue weighted by molar-refractivity contribution is 4.80. The molecule has 1 fully saturated rings. The molecule has 108 valence electrons. The van der Waals surface area contributed by atoms with E-state index in [2.05, 4.69) is 39.5 Å². The zero-order chi connectivity index (χ0) is 13.5. The minimum atomic E-state index is 0.812. The van der Waals surface area contributed by atoms with Gasteiger partial charge in [-0.05, 0) is 56.5 Å². The van der Waals surface area contributed by atoms with Crippen molar-refractivity contribution in [2.24, 2.45) is 17.8 Å². The highest BCUT2D eigenvalue weighted by Crippen LogP contribution is 2.25. The number of rotatable bonds is 7. The van der Waals surface area contributed by atoms with Crippen LogP contribution in [0.15, 0.2) is 0 Å². The van der Waals surface area contributed by atoms with Crippen LogP contribution in [0.3, 0.4) is 0 Å². The maximum Gasteiger partial charge on any atom is 0.0118 e. The lowest BCUT2D eigenvalue weighted by Crippen LogP contribution is -2.43. The first-order valence-electron chi connectivity index (χ1n) is 8.28. The highest BCUT2D eigenvalue weighted by atomic mass is 15.2. The van der Waals surface area contributed by atoms with Crippen LogP contribution in [-0.2, 0) is 0 Å². The third-order valence-corrected chi connectivity index (χ3v) is 4.79. The highest BCUT2D eigenvalue weighted by Gasteiger charge is 2.25. The molecule has 0 aliphatic carbocycles. The van der Waals surface area contributed by atoms with E-state index in [-0.39, 0.29) is 0 Å². The molecule has 1 heterocycles. The maximum atomic E-state index is 2.78. The molecule has 1 heteroatoms. The van der Waals surface area contributed by atoms with Gasteiger partial charge in [-0.25, -0.2) is 0 Å². The van der Waals surface area contributed by atoms with Gasteiger partial charge < -0.3 is 4.90 Å². The Kier molecular flexibility index (Phi) is 7.29. The topological polar surface area (TPSA) is 3.24 Å². The standard InChI is InChI=1S/C17H35N/c1-6-7-15(4)8-9-17(14(2)3)18-12-10-16(5)11-13-18/h14-17H,6-13H2,1-5H3. The van der Waals surface area contributed by atoms with E-state index in [0.29, 0.717) is 0 Å². The van der Waals surface area contributed by atoms with Crippen LogP contribution in [0, 0.1) is 17.8 Å². The second kappa shape index (κ2) is 8.19. The smallest absolute Gasteiger partial charge is 0.0118 e. The van der Waals surface area contributed by atoms with Crippen molar-refractivity contribution in [2.45, 2.75) is 79.2 Å². The van der Waals surface area contributed by atoms with Crippen molar-refractivity contribution in [3.8, 4) is 0 Å². The van der Waals surface area contributed by atoms with Crippen LogP contribution >= 0.6 is 0 Å². The molecule has 0 amide bonds. The SMILES string of the molecule is CCCC(C)CCC(C(C)C)N1CCC(C)CC1. The van der Waals surface area contributed by atoms with Gasteiger partial charge in [0.1, 0.15) is 0 Å². The number of hydrogen-bond donors (Lipinski definition) is 0. The molecule has 0 spiro atoms. The molecule has 1 saturated heterocycles. The van der Waals surface area contributed by atoms with Crippen molar-refractivity contribution in [3.63, 3.8) is 0 Å². The summed E-state index contributed by atoms with van der Waals surface area (Å²) in [5.74, 6) is 2.68. The van der Waals surface area contributed by atoms with Crippen LogP contribution in [0.5, 0.6) is 0 Å². The lowest BCUT2D eigenvalue weighted by atomic mass is 9.89. The molecule has 0 saturated carbocycles. The van der Waals surface area contributed by atoms with Crippen LogP contribution in [0.4, 0.5) is 0 Å². The number of piperidine rings is 1. The fourth-order valence-corrected chi connectivity index (χ4v) is 3.39. The normalized spacial score (nSPS) is 22.3. The first-order valence-corrected chi connectivity index (χ1v) is 8.28. The zero-order valence-electron chi connectivity index (χ0n) is 13.4. The number of likely N-dealkylation sites (tertiary alicyclic amines) is 1. The fourth-order valence-electron chi connectivity index (χ4n) is 3.39. The van der Waals surface area contributed by atoms with Crippen molar-refractivity contribution < 1.29 is 0 Å². The fraction of sp³-hybridized carbons (Fsp3) is 1.00. The van der Waals surface area contributed by atoms with Crippen LogP contribution in [0.25, 0.3) is 0 Å². The summed E-state index contributed by atoms with van der Waals surface area (Å²) in [6, 6.07) is 0.830. The van der Waals surface area contributed by atoms with E-state index < -0.39 is 0 Å². The van der Waals surface area contributed by atoms with Gasteiger partial charge in [0, 0.05) is 6.04 Å². The Labute approximate surface area is 115 Å². The van der Waals surface area contributed by atoms with Crippen LogP contribution in [-0.4, -0.2) is 24.0 Å². The summed E-state index contributed by atoms with van der Waals surface area (Å²) >= 11 is 0. The monoisotopic (exact) mass is 253 g/mol. The molecule has 2 atom stereocenters. The van der Waals surface area contributed by atoms with Gasteiger partial charge in [-0.15, -0.1) is 0 Å². The predicted octanol–water partition coefficient (Wildman–Crippen LogP) is 4.96. The minimum Gasteiger partial charge on any atom is -0.300 e. The first-order chi connectivity index (χ1) is 8.54. The molecule has 18 heavy (non-hydrogen) atoms. The molecule has 1 aliphatic heterocycles. The molecule has 0 N–H and O–H groups in total. The van der Waals surface area contributed by atoms with Gasteiger partial charge in [0.2, 0.25) is 0 Å². The van der Waals surface area contributed by atoms with E-state index in [9.17, 15) is 0 Å². The summed E-state index contributed by atoms with van der Waals surface area (Å²) in [6.45, 7) is 14.6. The minimum absolute atomic E-state index is 0.812. The molecule has 1 rings (SSSR count). The van der Waals surface area contributed by atoms with Crippen molar-refractivity contribution >= 4 is 0 Å². The summed E-state index contributed by atoms with van der Waals surface area (Å²) in [7, 11) is 0. The Balaban J connectivity index is 2.39. The van der Waals surface area contributed by atoms with Gasteiger partial charge in [0.05, 0.1) is 0 Å². The Morgan fingerprint density at radius 2 is 1.61 bits per heavy atom.